The van der Waals surface area contributed by atoms with Crippen LogP contribution in [-0.4, -0.2) is 10.5 Å². The van der Waals surface area contributed by atoms with Gasteiger partial charge in [0.2, 0.25) is 0 Å². The second-order valence-corrected chi connectivity index (χ2v) is 5.88. The van der Waals surface area contributed by atoms with E-state index in [4.69, 9.17) is 4.74 Å². The highest BCUT2D eigenvalue weighted by atomic mass is 16.5. The number of hydrogen-bond donors (Lipinski definition) is 0. The summed E-state index contributed by atoms with van der Waals surface area (Å²) in [6.45, 7) is 4.23. The zero-order valence-electron chi connectivity index (χ0n) is 14.2. The van der Waals surface area contributed by atoms with Crippen molar-refractivity contribution in [2.75, 3.05) is 0 Å². The Morgan fingerprint density at radius 2 is 1.56 bits per heavy atom. The molecule has 0 radical (unpaired) electrons. The highest BCUT2D eigenvalue weighted by Crippen LogP contribution is 2.15. The number of pyridine rings is 1. The van der Waals surface area contributed by atoms with E-state index in [1.165, 1.54) is 6.07 Å². The van der Waals surface area contributed by atoms with Gasteiger partial charge in [-0.3, -0.25) is 4.79 Å². The molecule has 0 N–H and O–H groups in total. The minimum atomic E-state index is -0.629. The summed E-state index contributed by atoms with van der Waals surface area (Å²) in [5.41, 5.74) is 2.27. The quantitative estimate of drug-likeness (QED) is 0.540. The molecule has 3 rings (SSSR count). The first-order chi connectivity index (χ1) is 12.1. The Bertz CT molecular complexity index is 944. The van der Waals surface area contributed by atoms with Crippen molar-refractivity contribution < 1.29 is 9.53 Å². The predicted octanol–water partition coefficient (Wildman–Crippen LogP) is 3.73. The van der Waals surface area contributed by atoms with Gasteiger partial charge >= 0.3 is 5.97 Å². The number of esters is 1. The van der Waals surface area contributed by atoms with Gasteiger partial charge in [-0.05, 0) is 31.5 Å². The Kier molecular flexibility index (Phi) is 4.80. The molecular weight excluding hydrogens is 314 g/mol. The van der Waals surface area contributed by atoms with E-state index in [0.717, 1.165) is 11.3 Å². The Hall–Kier alpha value is -3.14. The fourth-order valence-electron chi connectivity index (χ4n) is 2.82. The molecule has 0 saturated carbocycles. The molecule has 0 saturated heterocycles. The Labute approximate surface area is 146 Å². The molecule has 0 atom stereocenters. The fraction of sp³-hybridized carbons (Fsp3) is 0.143. The van der Waals surface area contributed by atoms with Gasteiger partial charge in [0, 0.05) is 24.0 Å². The summed E-state index contributed by atoms with van der Waals surface area (Å²) in [6, 6.07) is 20.2. The van der Waals surface area contributed by atoms with E-state index in [-0.39, 0.29) is 11.0 Å². The van der Waals surface area contributed by atoms with Gasteiger partial charge in [-0.25, -0.2) is 4.79 Å². The van der Waals surface area contributed by atoms with Crippen molar-refractivity contribution in [2.45, 2.75) is 20.4 Å². The maximum absolute atomic E-state index is 12.5. The van der Waals surface area contributed by atoms with Crippen LogP contribution >= 0.6 is 0 Å². The van der Waals surface area contributed by atoms with E-state index >= 15 is 0 Å². The number of ether oxygens (including phenoxy) is 1. The second kappa shape index (κ2) is 7.18. The molecular formula is C21H19NO3. The number of aryl methyl sites for hydroxylation is 1. The van der Waals surface area contributed by atoms with Crippen molar-refractivity contribution >= 4 is 5.97 Å². The molecule has 0 spiro atoms. The van der Waals surface area contributed by atoms with Crippen LogP contribution in [0.5, 0.6) is 5.75 Å². The fourth-order valence-corrected chi connectivity index (χ4v) is 2.82. The van der Waals surface area contributed by atoms with Crippen molar-refractivity contribution in [3.05, 3.63) is 99.5 Å². The van der Waals surface area contributed by atoms with Gasteiger partial charge in [0.1, 0.15) is 11.3 Å². The number of aromatic nitrogens is 1. The van der Waals surface area contributed by atoms with Crippen LogP contribution in [0.1, 0.15) is 27.3 Å². The summed E-state index contributed by atoms with van der Waals surface area (Å²) >= 11 is 0. The Balaban J connectivity index is 1.98. The van der Waals surface area contributed by atoms with Crippen LogP contribution in [0.15, 0.2) is 71.5 Å². The van der Waals surface area contributed by atoms with Crippen molar-refractivity contribution in [3.8, 4) is 5.75 Å². The first kappa shape index (κ1) is 16.7. The van der Waals surface area contributed by atoms with Crippen LogP contribution in [-0.2, 0) is 6.54 Å². The van der Waals surface area contributed by atoms with Crippen molar-refractivity contribution in [3.63, 3.8) is 0 Å². The van der Waals surface area contributed by atoms with E-state index < -0.39 is 5.97 Å². The lowest BCUT2D eigenvalue weighted by molar-refractivity contribution is 0.0731. The van der Waals surface area contributed by atoms with E-state index in [1.54, 1.807) is 31.2 Å². The number of benzene rings is 2. The van der Waals surface area contributed by atoms with E-state index in [0.29, 0.717) is 18.0 Å². The molecule has 1 aromatic heterocycles. The number of rotatable bonds is 4. The number of carbonyl (C=O) groups excluding carboxylic acids is 1. The van der Waals surface area contributed by atoms with Crippen molar-refractivity contribution in [1.29, 1.82) is 0 Å². The highest BCUT2D eigenvalue weighted by molar-refractivity contribution is 5.92. The zero-order valence-corrected chi connectivity index (χ0v) is 14.2. The van der Waals surface area contributed by atoms with E-state index in [9.17, 15) is 9.59 Å². The summed E-state index contributed by atoms with van der Waals surface area (Å²) in [5, 5.41) is 0. The largest absolute Gasteiger partial charge is 0.423 e. The molecule has 126 valence electrons. The molecule has 0 amide bonds. The number of carbonyl (C=O) groups is 1. The van der Waals surface area contributed by atoms with Gasteiger partial charge in [-0.1, -0.05) is 48.5 Å². The van der Waals surface area contributed by atoms with Crippen LogP contribution in [0.25, 0.3) is 0 Å². The molecule has 2 aromatic carbocycles. The van der Waals surface area contributed by atoms with Gasteiger partial charge in [0.15, 0.2) is 5.43 Å². The number of nitrogens with zero attached hydrogens (tertiary/aromatic N) is 1. The zero-order chi connectivity index (χ0) is 17.8. The smallest absolute Gasteiger partial charge is 0.349 e. The normalized spacial score (nSPS) is 10.5. The molecule has 25 heavy (non-hydrogen) atoms. The lowest BCUT2D eigenvalue weighted by atomic mass is 10.1. The average Bonchev–Trinajstić information content (AvgIpc) is 2.60. The summed E-state index contributed by atoms with van der Waals surface area (Å²) in [5.74, 6) is -0.211. The molecule has 4 nitrogen and oxygen atoms in total. The predicted molar refractivity (Wildman–Crippen MR) is 97.1 cm³/mol. The molecule has 0 aliphatic carbocycles. The molecule has 0 unspecified atom stereocenters. The van der Waals surface area contributed by atoms with Gasteiger partial charge in [0.05, 0.1) is 0 Å². The second-order valence-electron chi connectivity index (χ2n) is 5.88. The lowest BCUT2D eigenvalue weighted by Crippen LogP contribution is -2.26. The first-order valence-electron chi connectivity index (χ1n) is 8.08. The van der Waals surface area contributed by atoms with Gasteiger partial charge < -0.3 is 9.30 Å². The van der Waals surface area contributed by atoms with Crippen LogP contribution in [0, 0.1) is 13.8 Å². The van der Waals surface area contributed by atoms with E-state index in [2.05, 4.69) is 0 Å². The van der Waals surface area contributed by atoms with Crippen molar-refractivity contribution in [1.82, 2.24) is 4.57 Å². The lowest BCUT2D eigenvalue weighted by Gasteiger charge is -2.17. The third-order valence-corrected chi connectivity index (χ3v) is 4.12. The monoisotopic (exact) mass is 333 g/mol. The summed E-state index contributed by atoms with van der Waals surface area (Å²) < 4.78 is 7.31. The standard InChI is InChI=1S/C21H19NO3/c1-15-13-19(23)20(21(24)25-18-11-7-4-8-12-18)16(2)22(15)14-17-9-5-3-6-10-17/h3-13H,14H2,1-2H3. The first-order valence-corrected chi connectivity index (χ1v) is 8.08. The summed E-state index contributed by atoms with van der Waals surface area (Å²) in [4.78, 5) is 24.9. The molecule has 0 aliphatic heterocycles. The maximum atomic E-state index is 12.5. The van der Waals surface area contributed by atoms with Gasteiger partial charge in [0.25, 0.3) is 0 Å². The minimum Gasteiger partial charge on any atom is -0.423 e. The highest BCUT2D eigenvalue weighted by Gasteiger charge is 2.19. The minimum absolute atomic E-state index is 0.0744. The summed E-state index contributed by atoms with van der Waals surface area (Å²) in [7, 11) is 0. The van der Waals surface area contributed by atoms with Crippen molar-refractivity contribution in [2.24, 2.45) is 0 Å². The Morgan fingerprint density at radius 3 is 2.20 bits per heavy atom. The molecule has 3 aromatic rings. The van der Waals surface area contributed by atoms with Gasteiger partial charge in [-0.15, -0.1) is 0 Å². The van der Waals surface area contributed by atoms with Crippen LogP contribution in [0.3, 0.4) is 0 Å². The SMILES string of the molecule is Cc1cc(=O)c(C(=O)Oc2ccccc2)c(C)n1Cc1ccccc1. The van der Waals surface area contributed by atoms with Crippen LogP contribution in [0.4, 0.5) is 0 Å². The number of hydrogen-bond acceptors (Lipinski definition) is 3. The average molecular weight is 333 g/mol. The maximum Gasteiger partial charge on any atom is 0.349 e. The van der Waals surface area contributed by atoms with Crippen LogP contribution in [0.2, 0.25) is 0 Å². The van der Waals surface area contributed by atoms with Gasteiger partial charge in [-0.2, -0.15) is 0 Å². The third-order valence-electron chi connectivity index (χ3n) is 4.12. The molecule has 4 heteroatoms. The molecule has 0 bridgehead atoms. The van der Waals surface area contributed by atoms with E-state index in [1.807, 2.05) is 47.9 Å². The third kappa shape index (κ3) is 3.69. The number of para-hydroxylation sites is 1. The molecule has 0 aliphatic rings. The Morgan fingerprint density at radius 1 is 0.960 bits per heavy atom. The summed E-state index contributed by atoms with van der Waals surface area (Å²) in [6.07, 6.45) is 0. The van der Waals surface area contributed by atoms with Crippen LogP contribution < -0.4 is 10.2 Å². The molecule has 1 heterocycles. The topological polar surface area (TPSA) is 48.3 Å². The molecule has 0 fully saturated rings.